The van der Waals surface area contributed by atoms with Crippen LogP contribution in [0.4, 0.5) is 10.1 Å². The summed E-state index contributed by atoms with van der Waals surface area (Å²) in [7, 11) is 0. The van der Waals surface area contributed by atoms with Crippen molar-refractivity contribution < 1.29 is 19.2 Å². The Hall–Kier alpha value is -1.99. The molecule has 0 saturated heterocycles. The van der Waals surface area contributed by atoms with Gasteiger partial charge in [0.1, 0.15) is 11.6 Å². The van der Waals surface area contributed by atoms with Crippen LogP contribution in [0.25, 0.3) is 0 Å². The van der Waals surface area contributed by atoms with E-state index in [4.69, 9.17) is 4.74 Å². The highest BCUT2D eigenvalue weighted by atomic mass is 79.9. The molecule has 0 amide bonds. The Morgan fingerprint density at radius 2 is 2.05 bits per heavy atom. The number of aliphatic hydroxyl groups is 1. The van der Waals surface area contributed by atoms with Crippen LogP contribution in [0.15, 0.2) is 40.9 Å². The fraction of sp³-hybridized carbons (Fsp3) is 0.143. The van der Waals surface area contributed by atoms with Crippen LogP contribution in [0.2, 0.25) is 0 Å². The molecule has 0 bridgehead atoms. The third-order valence-corrected chi connectivity index (χ3v) is 3.26. The van der Waals surface area contributed by atoms with E-state index < -0.39 is 16.8 Å². The van der Waals surface area contributed by atoms with E-state index >= 15 is 0 Å². The quantitative estimate of drug-likeness (QED) is 0.653. The minimum Gasteiger partial charge on any atom is -0.450 e. The van der Waals surface area contributed by atoms with Gasteiger partial charge in [-0.25, -0.2) is 4.39 Å². The maximum absolute atomic E-state index is 13.7. The number of nitro benzene ring substituents is 1. The summed E-state index contributed by atoms with van der Waals surface area (Å²) < 4.78 is 19.7. The number of nitro groups is 1. The molecular formula is C14H11BrFNO4. The van der Waals surface area contributed by atoms with E-state index in [1.807, 2.05) is 0 Å². The molecule has 0 radical (unpaired) electrons. The highest BCUT2D eigenvalue weighted by molar-refractivity contribution is 9.10. The first kappa shape index (κ1) is 15.4. The molecular weight excluding hydrogens is 345 g/mol. The highest BCUT2D eigenvalue weighted by Gasteiger charge is 2.20. The predicted molar refractivity (Wildman–Crippen MR) is 77.9 cm³/mol. The molecule has 0 aliphatic carbocycles. The molecule has 0 heterocycles. The van der Waals surface area contributed by atoms with Crippen molar-refractivity contribution in [3.05, 3.63) is 62.4 Å². The molecule has 21 heavy (non-hydrogen) atoms. The minimum atomic E-state index is -1.10. The molecule has 5 nitrogen and oxygen atoms in total. The van der Waals surface area contributed by atoms with Gasteiger partial charge < -0.3 is 9.84 Å². The molecule has 0 saturated carbocycles. The molecule has 0 spiro atoms. The zero-order valence-electron chi connectivity index (χ0n) is 10.9. The van der Waals surface area contributed by atoms with Crippen molar-refractivity contribution in [1.29, 1.82) is 0 Å². The summed E-state index contributed by atoms with van der Waals surface area (Å²) in [4.78, 5) is 10.4. The summed E-state index contributed by atoms with van der Waals surface area (Å²) in [5, 5.41) is 20.7. The van der Waals surface area contributed by atoms with E-state index in [9.17, 15) is 19.6 Å². The molecule has 0 aliphatic rings. The van der Waals surface area contributed by atoms with E-state index in [0.717, 1.165) is 0 Å². The van der Waals surface area contributed by atoms with E-state index in [2.05, 4.69) is 15.9 Å². The Labute approximate surface area is 128 Å². The molecule has 0 aromatic heterocycles. The number of aliphatic hydroxyl groups excluding tert-OH is 1. The van der Waals surface area contributed by atoms with Crippen LogP contribution < -0.4 is 4.74 Å². The van der Waals surface area contributed by atoms with E-state index in [1.165, 1.54) is 37.3 Å². The van der Waals surface area contributed by atoms with Crippen LogP contribution >= 0.6 is 15.9 Å². The third kappa shape index (κ3) is 3.37. The Morgan fingerprint density at radius 1 is 1.33 bits per heavy atom. The average Bonchev–Trinajstić information content (AvgIpc) is 2.40. The van der Waals surface area contributed by atoms with Gasteiger partial charge in [0, 0.05) is 10.5 Å². The third-order valence-electron chi connectivity index (χ3n) is 2.77. The maximum atomic E-state index is 13.7. The lowest BCUT2D eigenvalue weighted by molar-refractivity contribution is -0.385. The normalized spacial score (nSPS) is 12.0. The van der Waals surface area contributed by atoms with Crippen LogP contribution in [-0.4, -0.2) is 10.0 Å². The lowest BCUT2D eigenvalue weighted by atomic mass is 10.1. The lowest BCUT2D eigenvalue weighted by Crippen LogP contribution is -2.01. The van der Waals surface area contributed by atoms with Crippen LogP contribution in [0, 0.1) is 15.9 Å². The first-order chi connectivity index (χ1) is 9.90. The Kier molecular flexibility index (Phi) is 4.54. The molecule has 2 rings (SSSR count). The zero-order valence-corrected chi connectivity index (χ0v) is 12.5. The average molecular weight is 356 g/mol. The Morgan fingerprint density at radius 3 is 2.67 bits per heavy atom. The molecule has 0 fully saturated rings. The smallest absolute Gasteiger partial charge is 0.312 e. The van der Waals surface area contributed by atoms with Crippen molar-refractivity contribution in [2.24, 2.45) is 0 Å². The van der Waals surface area contributed by atoms with Gasteiger partial charge in [0.15, 0.2) is 0 Å². The van der Waals surface area contributed by atoms with Crippen LogP contribution in [0.1, 0.15) is 18.6 Å². The van der Waals surface area contributed by atoms with Crippen molar-refractivity contribution in [3.8, 4) is 11.5 Å². The number of ether oxygens (including phenoxy) is 1. The van der Waals surface area contributed by atoms with Crippen LogP contribution in [-0.2, 0) is 0 Å². The number of rotatable bonds is 4. The SMILES string of the molecule is C[C@H](O)c1c(F)cccc1Oc1ccc(Br)cc1[N+](=O)[O-]. The van der Waals surface area contributed by atoms with E-state index in [-0.39, 0.29) is 22.7 Å². The molecule has 1 atom stereocenters. The van der Waals surface area contributed by atoms with Gasteiger partial charge in [0.25, 0.3) is 0 Å². The number of nitrogens with zero attached hydrogens (tertiary/aromatic N) is 1. The zero-order chi connectivity index (χ0) is 15.6. The summed E-state index contributed by atoms with van der Waals surface area (Å²) in [6.07, 6.45) is -1.10. The lowest BCUT2D eigenvalue weighted by Gasteiger charge is -2.14. The fourth-order valence-electron chi connectivity index (χ4n) is 1.85. The largest absolute Gasteiger partial charge is 0.450 e. The van der Waals surface area contributed by atoms with Crippen LogP contribution in [0.3, 0.4) is 0 Å². The monoisotopic (exact) mass is 355 g/mol. The van der Waals surface area contributed by atoms with E-state index in [1.54, 1.807) is 6.07 Å². The first-order valence-corrected chi connectivity index (χ1v) is 6.77. The Bertz CT molecular complexity index is 691. The molecule has 2 aromatic carbocycles. The maximum Gasteiger partial charge on any atom is 0.312 e. The van der Waals surface area contributed by atoms with Crippen molar-refractivity contribution in [3.63, 3.8) is 0 Å². The topological polar surface area (TPSA) is 72.6 Å². The van der Waals surface area contributed by atoms with Crippen LogP contribution in [0.5, 0.6) is 11.5 Å². The number of halogens is 2. The summed E-state index contributed by atoms with van der Waals surface area (Å²) >= 11 is 3.14. The molecule has 1 N–H and O–H groups in total. The Balaban J connectivity index is 2.49. The second kappa shape index (κ2) is 6.19. The van der Waals surface area contributed by atoms with E-state index in [0.29, 0.717) is 4.47 Å². The van der Waals surface area contributed by atoms with Gasteiger partial charge in [-0.2, -0.15) is 0 Å². The number of hydrogen-bond acceptors (Lipinski definition) is 4. The highest BCUT2D eigenvalue weighted by Crippen LogP contribution is 2.37. The molecule has 2 aromatic rings. The van der Waals surface area contributed by atoms with Gasteiger partial charge in [0.2, 0.25) is 5.75 Å². The van der Waals surface area contributed by atoms with Gasteiger partial charge >= 0.3 is 5.69 Å². The van der Waals surface area contributed by atoms with Crippen molar-refractivity contribution in [1.82, 2.24) is 0 Å². The molecule has 0 unspecified atom stereocenters. The predicted octanol–water partition coefficient (Wildman–Crippen LogP) is 4.34. The number of hydrogen-bond donors (Lipinski definition) is 1. The van der Waals surface area contributed by atoms with Gasteiger partial charge in [-0.3, -0.25) is 10.1 Å². The van der Waals surface area contributed by atoms with Crippen molar-refractivity contribution >= 4 is 21.6 Å². The molecule has 110 valence electrons. The molecule has 0 aliphatic heterocycles. The minimum absolute atomic E-state index is 0.0318. The fourth-order valence-corrected chi connectivity index (χ4v) is 2.20. The van der Waals surface area contributed by atoms with Gasteiger partial charge in [-0.05, 0) is 31.2 Å². The van der Waals surface area contributed by atoms with Crippen molar-refractivity contribution in [2.45, 2.75) is 13.0 Å². The summed E-state index contributed by atoms with van der Waals surface area (Å²) in [6.45, 7) is 1.39. The number of benzene rings is 2. The standard InChI is InChI=1S/C14H11BrFNO4/c1-8(18)14-10(16)3-2-4-13(14)21-12-6-5-9(15)7-11(12)17(19)20/h2-8,18H,1H3/t8-/m0/s1. The van der Waals surface area contributed by atoms with Gasteiger partial charge in [0.05, 0.1) is 16.6 Å². The van der Waals surface area contributed by atoms with Crippen molar-refractivity contribution in [2.75, 3.05) is 0 Å². The molecule has 7 heteroatoms. The second-order valence-electron chi connectivity index (χ2n) is 4.30. The van der Waals surface area contributed by atoms with Gasteiger partial charge in [-0.15, -0.1) is 0 Å². The van der Waals surface area contributed by atoms with Gasteiger partial charge in [-0.1, -0.05) is 22.0 Å². The summed E-state index contributed by atoms with van der Waals surface area (Å²) in [5.74, 6) is -0.631. The summed E-state index contributed by atoms with van der Waals surface area (Å²) in [6, 6.07) is 8.29. The second-order valence-corrected chi connectivity index (χ2v) is 5.21. The first-order valence-electron chi connectivity index (χ1n) is 5.98. The summed E-state index contributed by atoms with van der Waals surface area (Å²) in [5.41, 5.74) is -0.306.